The largest absolute Gasteiger partial charge is 0.416 e. The summed E-state index contributed by atoms with van der Waals surface area (Å²) >= 11 is 0. The fourth-order valence-electron chi connectivity index (χ4n) is 2.14. The molecule has 7 heteroatoms. The summed E-state index contributed by atoms with van der Waals surface area (Å²) in [5.41, 5.74) is -1.63. The van der Waals surface area contributed by atoms with Crippen molar-refractivity contribution < 1.29 is 27.8 Å². The van der Waals surface area contributed by atoms with Crippen LogP contribution in [0.4, 0.5) is 13.2 Å². The molecule has 2 N–H and O–H groups in total. The minimum atomic E-state index is -4.53. The molecule has 1 aromatic carbocycles. The van der Waals surface area contributed by atoms with Crippen molar-refractivity contribution >= 4 is 5.91 Å². The van der Waals surface area contributed by atoms with E-state index in [4.69, 9.17) is 4.74 Å². The van der Waals surface area contributed by atoms with Crippen molar-refractivity contribution in [1.29, 1.82) is 0 Å². The molecule has 1 aliphatic rings. The molecule has 0 aliphatic carbocycles. The minimum Gasteiger partial charge on any atom is -0.388 e. The number of hydrogen-bond donors (Lipinski definition) is 2. The van der Waals surface area contributed by atoms with Crippen molar-refractivity contribution in [3.05, 3.63) is 34.4 Å². The number of fused-ring (bicyclic) bond motifs is 1. The van der Waals surface area contributed by atoms with Crippen molar-refractivity contribution in [2.75, 3.05) is 6.61 Å². The Morgan fingerprint density at radius 2 is 2.00 bits per heavy atom. The molecule has 116 valence electrons. The number of ether oxygens (including phenoxy) is 1. The molecule has 0 spiro atoms. The maximum Gasteiger partial charge on any atom is 0.416 e. The number of nitrogens with one attached hydrogen (secondary N) is 1. The van der Waals surface area contributed by atoms with Crippen LogP contribution in [0.25, 0.3) is 0 Å². The van der Waals surface area contributed by atoms with Gasteiger partial charge in [0.2, 0.25) is 0 Å². The summed E-state index contributed by atoms with van der Waals surface area (Å²) < 4.78 is 44.3. The molecule has 0 saturated heterocycles. The van der Waals surface area contributed by atoms with E-state index in [-0.39, 0.29) is 36.4 Å². The van der Waals surface area contributed by atoms with Gasteiger partial charge in [-0.3, -0.25) is 4.79 Å². The Balaban J connectivity index is 2.28. The van der Waals surface area contributed by atoms with Gasteiger partial charge in [-0.2, -0.15) is 13.2 Å². The van der Waals surface area contributed by atoms with Crippen LogP contribution in [0.5, 0.6) is 0 Å². The predicted molar refractivity (Wildman–Crippen MR) is 68.6 cm³/mol. The molecule has 4 nitrogen and oxygen atoms in total. The number of alkyl halides is 3. The summed E-state index contributed by atoms with van der Waals surface area (Å²) in [6, 6.07) is 2.39. The number of carbonyl (C=O) groups excluding carboxylic acids is 1. The summed E-state index contributed by atoms with van der Waals surface area (Å²) in [6.07, 6.45) is -4.53. The molecule has 0 saturated carbocycles. The van der Waals surface area contributed by atoms with Gasteiger partial charge in [-0.15, -0.1) is 0 Å². The van der Waals surface area contributed by atoms with Gasteiger partial charge < -0.3 is 15.2 Å². The third-order valence-electron chi connectivity index (χ3n) is 3.01. The van der Waals surface area contributed by atoms with Crippen LogP contribution in [0.2, 0.25) is 0 Å². The van der Waals surface area contributed by atoms with E-state index in [1.54, 1.807) is 0 Å². The van der Waals surface area contributed by atoms with Gasteiger partial charge in [0.05, 0.1) is 24.4 Å². The minimum absolute atomic E-state index is 0.0162. The number of halogens is 3. The van der Waals surface area contributed by atoms with Gasteiger partial charge >= 0.3 is 6.18 Å². The summed E-state index contributed by atoms with van der Waals surface area (Å²) in [6.45, 7) is 2.83. The average molecular weight is 303 g/mol. The van der Waals surface area contributed by atoms with E-state index in [2.05, 4.69) is 5.32 Å². The average Bonchev–Trinajstić information content (AvgIpc) is 2.68. The second-order valence-corrected chi connectivity index (χ2v) is 5.66. The lowest BCUT2D eigenvalue weighted by Gasteiger charge is -2.18. The van der Waals surface area contributed by atoms with E-state index < -0.39 is 23.2 Å². The van der Waals surface area contributed by atoms with Crippen molar-refractivity contribution in [1.82, 2.24) is 5.32 Å². The van der Waals surface area contributed by atoms with Gasteiger partial charge in [0, 0.05) is 12.1 Å². The van der Waals surface area contributed by atoms with Gasteiger partial charge in [-0.25, -0.2) is 0 Å². The summed E-state index contributed by atoms with van der Waals surface area (Å²) in [7, 11) is 0. The third kappa shape index (κ3) is 3.74. The number of benzene rings is 1. The van der Waals surface area contributed by atoms with Crippen LogP contribution >= 0.6 is 0 Å². The molecular weight excluding hydrogens is 287 g/mol. The van der Waals surface area contributed by atoms with E-state index in [1.807, 2.05) is 0 Å². The van der Waals surface area contributed by atoms with Crippen molar-refractivity contribution in [3.63, 3.8) is 0 Å². The lowest BCUT2D eigenvalue weighted by Crippen LogP contribution is -2.25. The molecule has 1 aliphatic heterocycles. The van der Waals surface area contributed by atoms with Gasteiger partial charge in [-0.05, 0) is 37.1 Å². The zero-order chi connectivity index (χ0) is 15.8. The van der Waals surface area contributed by atoms with Crippen molar-refractivity contribution in [2.24, 2.45) is 0 Å². The Morgan fingerprint density at radius 3 is 2.57 bits per heavy atom. The summed E-state index contributed by atoms with van der Waals surface area (Å²) in [5, 5.41) is 11.9. The monoisotopic (exact) mass is 303 g/mol. The fraction of sp³-hybridized carbons (Fsp3) is 0.500. The smallest absolute Gasteiger partial charge is 0.388 e. The molecule has 1 aromatic rings. The first-order valence-electron chi connectivity index (χ1n) is 6.39. The number of carbonyl (C=O) groups is 1. The highest BCUT2D eigenvalue weighted by atomic mass is 19.4. The quantitative estimate of drug-likeness (QED) is 0.897. The Labute approximate surface area is 119 Å². The Morgan fingerprint density at radius 1 is 1.33 bits per heavy atom. The van der Waals surface area contributed by atoms with E-state index in [1.165, 1.54) is 19.9 Å². The second kappa shape index (κ2) is 5.31. The standard InChI is InChI=1S/C14H16F3NO3/c1-13(2,20)7-21-6-8-3-9-10(5-18-12(9)19)11(4-8)14(15,16)17/h3-4,20H,5-7H2,1-2H3,(H,18,19). The Bertz CT molecular complexity index is 562. The normalized spacial score (nSPS) is 15.0. The zero-order valence-electron chi connectivity index (χ0n) is 11.7. The Kier molecular flexibility index (Phi) is 3.99. The van der Waals surface area contributed by atoms with Gasteiger partial charge in [-0.1, -0.05) is 0 Å². The highest BCUT2D eigenvalue weighted by Crippen LogP contribution is 2.36. The molecule has 0 unspecified atom stereocenters. The van der Waals surface area contributed by atoms with Crippen LogP contribution in [0.15, 0.2) is 12.1 Å². The van der Waals surface area contributed by atoms with E-state index in [0.717, 1.165) is 6.07 Å². The molecule has 2 rings (SSSR count). The predicted octanol–water partition coefficient (Wildman–Crippen LogP) is 2.24. The van der Waals surface area contributed by atoms with E-state index in [9.17, 15) is 23.1 Å². The molecule has 0 atom stereocenters. The molecule has 0 radical (unpaired) electrons. The second-order valence-electron chi connectivity index (χ2n) is 5.66. The molecule has 1 heterocycles. The SMILES string of the molecule is CC(C)(O)COCc1cc2c(c(C(F)(F)F)c1)CNC2=O. The van der Waals surface area contributed by atoms with Crippen LogP contribution in [0.1, 0.15) is 40.9 Å². The zero-order valence-corrected chi connectivity index (χ0v) is 11.7. The first-order chi connectivity index (χ1) is 9.58. The first-order valence-corrected chi connectivity index (χ1v) is 6.39. The van der Waals surface area contributed by atoms with Gasteiger partial charge in [0.1, 0.15) is 0 Å². The molecule has 1 amide bonds. The number of rotatable bonds is 4. The number of hydrogen-bond acceptors (Lipinski definition) is 3. The molecule has 0 aromatic heterocycles. The van der Waals surface area contributed by atoms with Crippen LogP contribution in [0, 0.1) is 0 Å². The van der Waals surface area contributed by atoms with Crippen LogP contribution < -0.4 is 5.32 Å². The van der Waals surface area contributed by atoms with Gasteiger partial charge in [0.25, 0.3) is 5.91 Å². The van der Waals surface area contributed by atoms with E-state index in [0.29, 0.717) is 0 Å². The van der Waals surface area contributed by atoms with Crippen LogP contribution in [-0.2, 0) is 24.1 Å². The maximum atomic E-state index is 13.0. The van der Waals surface area contributed by atoms with Gasteiger partial charge in [0.15, 0.2) is 0 Å². The van der Waals surface area contributed by atoms with Crippen molar-refractivity contribution in [2.45, 2.75) is 38.8 Å². The summed E-state index contributed by atoms with van der Waals surface area (Å²) in [4.78, 5) is 11.6. The highest BCUT2D eigenvalue weighted by molar-refractivity contribution is 5.99. The van der Waals surface area contributed by atoms with Crippen molar-refractivity contribution in [3.8, 4) is 0 Å². The lowest BCUT2D eigenvalue weighted by atomic mass is 9.99. The highest BCUT2D eigenvalue weighted by Gasteiger charge is 2.37. The Hall–Kier alpha value is -1.60. The lowest BCUT2D eigenvalue weighted by molar-refractivity contribution is -0.138. The number of amides is 1. The first kappa shape index (κ1) is 15.8. The maximum absolute atomic E-state index is 13.0. The van der Waals surface area contributed by atoms with Crippen LogP contribution in [0.3, 0.4) is 0 Å². The molecule has 0 bridgehead atoms. The third-order valence-corrected chi connectivity index (χ3v) is 3.01. The van der Waals surface area contributed by atoms with E-state index >= 15 is 0 Å². The molecule has 21 heavy (non-hydrogen) atoms. The molecular formula is C14H16F3NO3. The van der Waals surface area contributed by atoms with Crippen LogP contribution in [-0.4, -0.2) is 23.2 Å². The number of aliphatic hydroxyl groups is 1. The molecule has 0 fully saturated rings. The topological polar surface area (TPSA) is 58.6 Å². The summed E-state index contributed by atoms with van der Waals surface area (Å²) in [5.74, 6) is -0.514. The fourth-order valence-corrected chi connectivity index (χ4v) is 2.14.